The molecule has 0 saturated heterocycles. The Labute approximate surface area is 181 Å². The van der Waals surface area contributed by atoms with Crippen LogP contribution in [0.4, 0.5) is 0 Å². The summed E-state index contributed by atoms with van der Waals surface area (Å²) in [6, 6.07) is 5.38. The Bertz CT molecular complexity index is 942. The first-order valence-corrected chi connectivity index (χ1v) is 10.3. The molecule has 0 radical (unpaired) electrons. The van der Waals surface area contributed by atoms with E-state index in [1.54, 1.807) is 26.0 Å². The average molecular weight is 433 g/mol. The van der Waals surface area contributed by atoms with Gasteiger partial charge in [-0.1, -0.05) is 11.6 Å². The van der Waals surface area contributed by atoms with Crippen molar-refractivity contribution in [3.8, 4) is 17.6 Å². The highest BCUT2D eigenvalue weighted by Crippen LogP contribution is 2.46. The van der Waals surface area contributed by atoms with Crippen LogP contribution in [0.3, 0.4) is 0 Å². The minimum absolute atomic E-state index is 0.0747. The van der Waals surface area contributed by atoms with Gasteiger partial charge in [0.2, 0.25) is 5.88 Å². The van der Waals surface area contributed by atoms with Gasteiger partial charge in [-0.2, -0.15) is 5.26 Å². The fourth-order valence-corrected chi connectivity index (χ4v) is 4.14. The number of esters is 1. The molecule has 2 aliphatic rings. The SMILES string of the molecule is CCOC(=O)C1=C(C)OC(N)=C(C#N)C1c1cc(OC)c(OC2CCCC2)cc1Cl. The lowest BCUT2D eigenvalue weighted by molar-refractivity contribution is -0.139. The molecule has 160 valence electrons. The normalized spacial score (nSPS) is 19.4. The Balaban J connectivity index is 2.10. The Morgan fingerprint density at radius 3 is 2.63 bits per heavy atom. The molecule has 2 N–H and O–H groups in total. The highest BCUT2D eigenvalue weighted by Gasteiger charge is 2.38. The first kappa shape index (κ1) is 21.8. The minimum atomic E-state index is -0.843. The molecule has 3 rings (SSSR count). The Hall–Kier alpha value is -2.85. The van der Waals surface area contributed by atoms with Crippen molar-refractivity contribution in [2.75, 3.05) is 13.7 Å². The summed E-state index contributed by atoms with van der Waals surface area (Å²) in [5, 5.41) is 10.1. The first-order chi connectivity index (χ1) is 14.4. The van der Waals surface area contributed by atoms with Crippen LogP contribution in [0, 0.1) is 11.3 Å². The van der Waals surface area contributed by atoms with E-state index in [9.17, 15) is 10.1 Å². The second-order valence-corrected chi connectivity index (χ2v) is 7.57. The van der Waals surface area contributed by atoms with E-state index in [-0.39, 0.29) is 35.5 Å². The molecular formula is C22H25ClN2O5. The second-order valence-electron chi connectivity index (χ2n) is 7.16. The van der Waals surface area contributed by atoms with Crippen LogP contribution in [-0.4, -0.2) is 25.8 Å². The first-order valence-electron chi connectivity index (χ1n) is 9.90. The number of halogens is 1. The molecule has 0 bridgehead atoms. The van der Waals surface area contributed by atoms with E-state index in [1.165, 1.54) is 7.11 Å². The van der Waals surface area contributed by atoms with Gasteiger partial charge in [-0.05, 0) is 51.2 Å². The smallest absolute Gasteiger partial charge is 0.338 e. The zero-order valence-electron chi connectivity index (χ0n) is 17.3. The van der Waals surface area contributed by atoms with Crippen molar-refractivity contribution in [1.29, 1.82) is 5.26 Å². The van der Waals surface area contributed by atoms with Crippen molar-refractivity contribution in [3.05, 3.63) is 45.5 Å². The molecule has 1 unspecified atom stereocenters. The molecule has 1 saturated carbocycles. The quantitative estimate of drug-likeness (QED) is 0.667. The van der Waals surface area contributed by atoms with Crippen LogP contribution in [0.1, 0.15) is 51.0 Å². The van der Waals surface area contributed by atoms with Gasteiger partial charge in [0.05, 0.1) is 31.3 Å². The number of rotatable bonds is 6. The van der Waals surface area contributed by atoms with Gasteiger partial charge in [-0.15, -0.1) is 0 Å². The van der Waals surface area contributed by atoms with Crippen LogP contribution >= 0.6 is 11.6 Å². The van der Waals surface area contributed by atoms with Gasteiger partial charge in [-0.25, -0.2) is 4.79 Å². The number of carbonyl (C=O) groups excluding carboxylic acids is 1. The molecule has 0 spiro atoms. The number of hydrogen-bond acceptors (Lipinski definition) is 7. The summed E-state index contributed by atoms with van der Waals surface area (Å²) in [4.78, 5) is 12.7. The average Bonchev–Trinajstić information content (AvgIpc) is 3.21. The fourth-order valence-electron chi connectivity index (χ4n) is 3.88. The van der Waals surface area contributed by atoms with E-state index >= 15 is 0 Å². The van der Waals surface area contributed by atoms with E-state index < -0.39 is 11.9 Å². The predicted octanol–water partition coefficient (Wildman–Crippen LogP) is 4.31. The van der Waals surface area contributed by atoms with Crippen molar-refractivity contribution >= 4 is 17.6 Å². The highest BCUT2D eigenvalue weighted by molar-refractivity contribution is 6.31. The molecule has 8 heteroatoms. The molecule has 1 aliphatic heterocycles. The molecule has 30 heavy (non-hydrogen) atoms. The number of ether oxygens (including phenoxy) is 4. The molecule has 1 aliphatic carbocycles. The summed E-state index contributed by atoms with van der Waals surface area (Å²) in [7, 11) is 1.53. The van der Waals surface area contributed by atoms with Crippen molar-refractivity contribution in [2.24, 2.45) is 5.73 Å². The fraction of sp³-hybridized carbons (Fsp3) is 0.455. The number of allylic oxidation sites excluding steroid dienone is 2. The van der Waals surface area contributed by atoms with Crippen molar-refractivity contribution < 1.29 is 23.7 Å². The van der Waals surface area contributed by atoms with E-state index in [0.29, 0.717) is 22.1 Å². The molecule has 1 aromatic carbocycles. The number of nitriles is 1. The standard InChI is InChI=1S/C22H25ClN2O5/c1-4-28-22(26)19-12(2)29-21(25)15(11-24)20(19)14-9-17(27-3)18(10-16(14)23)30-13-7-5-6-8-13/h9-10,13,20H,4-8,25H2,1-3H3. The number of hydrogen-bond donors (Lipinski definition) is 1. The maximum absolute atomic E-state index is 12.7. The number of benzene rings is 1. The summed E-state index contributed by atoms with van der Waals surface area (Å²) in [6.07, 6.45) is 4.34. The molecule has 1 atom stereocenters. The van der Waals surface area contributed by atoms with Gasteiger partial charge < -0.3 is 24.7 Å². The number of methoxy groups -OCH3 is 1. The second kappa shape index (κ2) is 9.31. The zero-order valence-corrected chi connectivity index (χ0v) is 18.0. The van der Waals surface area contributed by atoms with E-state index in [1.807, 2.05) is 6.07 Å². The minimum Gasteiger partial charge on any atom is -0.493 e. The largest absolute Gasteiger partial charge is 0.493 e. The Morgan fingerprint density at radius 2 is 2.03 bits per heavy atom. The molecule has 1 fully saturated rings. The summed E-state index contributed by atoms with van der Waals surface area (Å²) in [6.45, 7) is 3.48. The van der Waals surface area contributed by atoms with Crippen LogP contribution in [0.5, 0.6) is 11.5 Å². The number of nitrogens with two attached hydrogens (primary N) is 1. The monoisotopic (exact) mass is 432 g/mol. The van der Waals surface area contributed by atoms with Gasteiger partial charge in [-0.3, -0.25) is 0 Å². The van der Waals surface area contributed by atoms with E-state index in [4.69, 9.17) is 36.3 Å². The van der Waals surface area contributed by atoms with Crippen molar-refractivity contribution in [1.82, 2.24) is 0 Å². The zero-order chi connectivity index (χ0) is 21.8. The lowest BCUT2D eigenvalue weighted by atomic mass is 9.83. The third-order valence-electron chi connectivity index (χ3n) is 5.29. The molecule has 0 aromatic heterocycles. The lowest BCUT2D eigenvalue weighted by Gasteiger charge is -2.28. The van der Waals surface area contributed by atoms with E-state index in [2.05, 4.69) is 0 Å². The summed E-state index contributed by atoms with van der Waals surface area (Å²) in [5.41, 5.74) is 6.69. The molecule has 1 aromatic rings. The number of nitrogens with zero attached hydrogens (tertiary/aromatic N) is 1. The van der Waals surface area contributed by atoms with Gasteiger partial charge >= 0.3 is 5.97 Å². The predicted molar refractivity (Wildman–Crippen MR) is 111 cm³/mol. The Kier molecular flexibility index (Phi) is 6.78. The third kappa shape index (κ3) is 4.19. The highest BCUT2D eigenvalue weighted by atomic mass is 35.5. The van der Waals surface area contributed by atoms with Gasteiger partial charge in [0.15, 0.2) is 11.5 Å². The molecule has 1 heterocycles. The third-order valence-corrected chi connectivity index (χ3v) is 5.62. The molecular weight excluding hydrogens is 408 g/mol. The molecule has 7 nitrogen and oxygen atoms in total. The lowest BCUT2D eigenvalue weighted by Crippen LogP contribution is -2.25. The van der Waals surface area contributed by atoms with Crippen molar-refractivity contribution in [3.63, 3.8) is 0 Å². The summed E-state index contributed by atoms with van der Waals surface area (Å²) < 4.78 is 22.3. The summed E-state index contributed by atoms with van der Waals surface area (Å²) in [5.74, 6) is -0.263. The van der Waals surface area contributed by atoms with Gasteiger partial charge in [0.1, 0.15) is 17.4 Å². The van der Waals surface area contributed by atoms with Crippen LogP contribution in [-0.2, 0) is 14.3 Å². The summed E-state index contributed by atoms with van der Waals surface area (Å²) >= 11 is 6.62. The van der Waals surface area contributed by atoms with Crippen LogP contribution < -0.4 is 15.2 Å². The van der Waals surface area contributed by atoms with Crippen LogP contribution in [0.25, 0.3) is 0 Å². The van der Waals surface area contributed by atoms with Gasteiger partial charge in [0, 0.05) is 11.1 Å². The van der Waals surface area contributed by atoms with Crippen molar-refractivity contribution in [2.45, 2.75) is 51.6 Å². The topological polar surface area (TPSA) is 104 Å². The van der Waals surface area contributed by atoms with Crippen LogP contribution in [0.2, 0.25) is 5.02 Å². The molecule has 0 amide bonds. The van der Waals surface area contributed by atoms with E-state index in [0.717, 1.165) is 25.7 Å². The number of carbonyl (C=O) groups is 1. The maximum Gasteiger partial charge on any atom is 0.338 e. The van der Waals surface area contributed by atoms with Crippen LogP contribution in [0.15, 0.2) is 34.9 Å². The van der Waals surface area contributed by atoms with Gasteiger partial charge in [0.25, 0.3) is 0 Å². The maximum atomic E-state index is 12.7. The Morgan fingerprint density at radius 1 is 1.33 bits per heavy atom.